The van der Waals surface area contributed by atoms with Gasteiger partial charge in [-0.15, -0.1) is 0 Å². The molecule has 3 heteroatoms. The molecule has 3 nitrogen and oxygen atoms in total. The van der Waals surface area contributed by atoms with Crippen LogP contribution in [0.4, 0.5) is 5.69 Å². The van der Waals surface area contributed by atoms with Gasteiger partial charge in [0.05, 0.1) is 0 Å². The van der Waals surface area contributed by atoms with E-state index in [1.54, 1.807) is 20.8 Å². The second-order valence-corrected chi connectivity index (χ2v) is 5.56. The summed E-state index contributed by atoms with van der Waals surface area (Å²) in [6, 6.07) is 7.75. The maximum absolute atomic E-state index is 12.3. The van der Waals surface area contributed by atoms with E-state index in [1.807, 2.05) is 24.3 Å². The fourth-order valence-corrected chi connectivity index (χ4v) is 2.67. The van der Waals surface area contributed by atoms with Crippen molar-refractivity contribution in [3.05, 3.63) is 52.1 Å². The molecule has 0 radical (unpaired) electrons. The molecule has 0 unspecified atom stereocenters. The van der Waals surface area contributed by atoms with E-state index in [0.29, 0.717) is 28.7 Å². The number of para-hydroxylation sites is 1. The van der Waals surface area contributed by atoms with E-state index in [2.05, 4.69) is 0 Å². The molecule has 21 heavy (non-hydrogen) atoms. The number of aryl methyl sites for hydroxylation is 1. The third-order valence-electron chi connectivity index (χ3n) is 4.24. The Kier molecular flexibility index (Phi) is 4.41. The van der Waals surface area contributed by atoms with Gasteiger partial charge in [-0.1, -0.05) is 18.2 Å². The number of ketones is 2. The SMILES string of the molecule is CC1=C(C)C(=O)C(CCCc2ccccc2N)=C(C)C1=O. The zero-order valence-electron chi connectivity index (χ0n) is 12.8. The van der Waals surface area contributed by atoms with Gasteiger partial charge in [-0.2, -0.15) is 0 Å². The van der Waals surface area contributed by atoms with Gasteiger partial charge < -0.3 is 5.73 Å². The van der Waals surface area contributed by atoms with Crippen LogP contribution in [0, 0.1) is 0 Å². The van der Waals surface area contributed by atoms with Gasteiger partial charge in [0, 0.05) is 28.0 Å². The Balaban J connectivity index is 2.08. The lowest BCUT2D eigenvalue weighted by Gasteiger charge is -2.18. The Bertz CT molecular complexity index is 666. The van der Waals surface area contributed by atoms with Crippen LogP contribution in [0.15, 0.2) is 46.6 Å². The standard InChI is InChI=1S/C18H21NO2/c1-11-12(2)18(21)15(13(3)17(11)20)9-6-8-14-7-4-5-10-16(14)19/h4-5,7,10H,6,8-9,19H2,1-3H3. The predicted octanol–water partition coefficient (Wildman–Crippen LogP) is 3.40. The predicted molar refractivity (Wildman–Crippen MR) is 84.9 cm³/mol. The van der Waals surface area contributed by atoms with Crippen molar-refractivity contribution >= 4 is 17.3 Å². The van der Waals surface area contributed by atoms with Crippen molar-refractivity contribution in [3.8, 4) is 0 Å². The van der Waals surface area contributed by atoms with E-state index >= 15 is 0 Å². The van der Waals surface area contributed by atoms with Crippen molar-refractivity contribution in [3.63, 3.8) is 0 Å². The van der Waals surface area contributed by atoms with E-state index < -0.39 is 0 Å². The molecule has 1 aliphatic rings. The van der Waals surface area contributed by atoms with Gasteiger partial charge in [0.15, 0.2) is 11.6 Å². The summed E-state index contributed by atoms with van der Waals surface area (Å²) in [7, 11) is 0. The number of Topliss-reactive ketones (excluding diaryl/α,β-unsaturated/α-hetero) is 2. The van der Waals surface area contributed by atoms with Crippen molar-refractivity contribution in [2.24, 2.45) is 0 Å². The smallest absolute Gasteiger partial charge is 0.185 e. The fourth-order valence-electron chi connectivity index (χ4n) is 2.67. The molecule has 1 aromatic carbocycles. The summed E-state index contributed by atoms with van der Waals surface area (Å²) in [4.78, 5) is 24.4. The molecule has 2 rings (SSSR count). The Morgan fingerprint density at radius 3 is 2.14 bits per heavy atom. The minimum absolute atomic E-state index is 0.00123. The third kappa shape index (κ3) is 2.97. The van der Waals surface area contributed by atoms with E-state index in [-0.39, 0.29) is 11.6 Å². The molecule has 0 amide bonds. The van der Waals surface area contributed by atoms with E-state index in [4.69, 9.17) is 5.73 Å². The lowest BCUT2D eigenvalue weighted by Crippen LogP contribution is -2.20. The van der Waals surface area contributed by atoms with Gasteiger partial charge in [0.1, 0.15) is 0 Å². The van der Waals surface area contributed by atoms with Crippen LogP contribution >= 0.6 is 0 Å². The normalized spacial score (nSPS) is 16.0. The number of allylic oxidation sites excluding steroid dienone is 4. The first-order valence-electron chi connectivity index (χ1n) is 7.23. The van der Waals surface area contributed by atoms with Gasteiger partial charge >= 0.3 is 0 Å². The van der Waals surface area contributed by atoms with Crippen LogP contribution in [-0.4, -0.2) is 11.6 Å². The van der Waals surface area contributed by atoms with Crippen molar-refractivity contribution in [2.45, 2.75) is 40.0 Å². The number of nitrogens with two attached hydrogens (primary N) is 1. The van der Waals surface area contributed by atoms with E-state index in [9.17, 15) is 9.59 Å². The first-order chi connectivity index (χ1) is 9.93. The van der Waals surface area contributed by atoms with Crippen molar-refractivity contribution < 1.29 is 9.59 Å². The van der Waals surface area contributed by atoms with Crippen LogP contribution in [0.5, 0.6) is 0 Å². The second-order valence-electron chi connectivity index (χ2n) is 5.56. The van der Waals surface area contributed by atoms with Gasteiger partial charge in [0.2, 0.25) is 0 Å². The average molecular weight is 283 g/mol. The number of hydrogen-bond donors (Lipinski definition) is 1. The number of rotatable bonds is 4. The Hall–Kier alpha value is -2.16. The largest absolute Gasteiger partial charge is 0.399 e. The van der Waals surface area contributed by atoms with Crippen molar-refractivity contribution in [1.82, 2.24) is 0 Å². The minimum atomic E-state index is 0.00123. The summed E-state index contributed by atoms with van der Waals surface area (Å²) in [6.45, 7) is 5.21. The summed E-state index contributed by atoms with van der Waals surface area (Å²) in [5, 5.41) is 0. The lowest BCUT2D eigenvalue weighted by atomic mass is 9.83. The highest BCUT2D eigenvalue weighted by Gasteiger charge is 2.27. The molecule has 0 saturated carbocycles. The number of nitrogen functional groups attached to an aromatic ring is 1. The molecule has 0 bridgehead atoms. The first-order valence-corrected chi connectivity index (χ1v) is 7.23. The molecule has 1 aromatic rings. The summed E-state index contributed by atoms with van der Waals surface area (Å²) in [6.07, 6.45) is 2.24. The Morgan fingerprint density at radius 2 is 1.48 bits per heavy atom. The van der Waals surface area contributed by atoms with E-state index in [0.717, 1.165) is 24.1 Å². The van der Waals surface area contributed by atoms with Gasteiger partial charge in [-0.25, -0.2) is 0 Å². The molecule has 0 aromatic heterocycles. The minimum Gasteiger partial charge on any atom is -0.399 e. The molecule has 0 heterocycles. The molecule has 0 fully saturated rings. The van der Waals surface area contributed by atoms with Crippen LogP contribution in [-0.2, 0) is 16.0 Å². The number of carbonyl (C=O) groups is 2. The van der Waals surface area contributed by atoms with Gasteiger partial charge in [-0.3, -0.25) is 9.59 Å². The van der Waals surface area contributed by atoms with Crippen LogP contribution in [0.3, 0.4) is 0 Å². The topological polar surface area (TPSA) is 60.2 Å². The van der Waals surface area contributed by atoms with Crippen LogP contribution < -0.4 is 5.73 Å². The monoisotopic (exact) mass is 283 g/mol. The molecular formula is C18H21NO2. The molecule has 0 saturated heterocycles. The zero-order chi connectivity index (χ0) is 15.6. The molecule has 0 spiro atoms. The van der Waals surface area contributed by atoms with Crippen LogP contribution in [0.1, 0.15) is 39.2 Å². The van der Waals surface area contributed by atoms with Crippen molar-refractivity contribution in [1.29, 1.82) is 0 Å². The third-order valence-corrected chi connectivity index (χ3v) is 4.24. The van der Waals surface area contributed by atoms with Gasteiger partial charge in [0.25, 0.3) is 0 Å². The second kappa shape index (κ2) is 6.08. The van der Waals surface area contributed by atoms with Crippen LogP contribution in [0.25, 0.3) is 0 Å². The molecule has 0 aliphatic heterocycles. The lowest BCUT2D eigenvalue weighted by molar-refractivity contribution is -0.116. The number of hydrogen-bond acceptors (Lipinski definition) is 3. The zero-order valence-corrected chi connectivity index (χ0v) is 12.8. The maximum Gasteiger partial charge on any atom is 0.185 e. The Labute approximate surface area is 125 Å². The number of carbonyl (C=O) groups excluding carboxylic acids is 2. The fraction of sp³-hybridized carbons (Fsp3) is 0.333. The van der Waals surface area contributed by atoms with Crippen LogP contribution in [0.2, 0.25) is 0 Å². The molecular weight excluding hydrogens is 262 g/mol. The van der Waals surface area contributed by atoms with Gasteiger partial charge in [-0.05, 0) is 51.7 Å². The molecule has 110 valence electrons. The summed E-state index contributed by atoms with van der Waals surface area (Å²) >= 11 is 0. The average Bonchev–Trinajstić information content (AvgIpc) is 2.48. The highest BCUT2D eigenvalue weighted by molar-refractivity contribution is 6.24. The number of anilines is 1. The highest BCUT2D eigenvalue weighted by Crippen LogP contribution is 2.27. The quantitative estimate of drug-likeness (QED) is 0.680. The summed E-state index contributed by atoms with van der Waals surface area (Å²) in [5.74, 6) is 0.0203. The Morgan fingerprint density at radius 1 is 0.857 bits per heavy atom. The maximum atomic E-state index is 12.3. The van der Waals surface area contributed by atoms with E-state index in [1.165, 1.54) is 0 Å². The summed E-state index contributed by atoms with van der Waals surface area (Å²) < 4.78 is 0. The highest BCUT2D eigenvalue weighted by atomic mass is 16.1. The van der Waals surface area contributed by atoms with Crippen molar-refractivity contribution in [2.75, 3.05) is 5.73 Å². The molecule has 2 N–H and O–H groups in total. The first kappa shape index (κ1) is 15.2. The number of benzene rings is 1. The molecule has 0 atom stereocenters. The molecule has 1 aliphatic carbocycles. The summed E-state index contributed by atoms with van der Waals surface area (Å²) in [5.41, 5.74) is 10.2.